The second-order valence-electron chi connectivity index (χ2n) is 4.36. The van der Waals surface area contributed by atoms with Gasteiger partial charge in [-0.15, -0.1) is 0 Å². The van der Waals surface area contributed by atoms with E-state index in [1.54, 1.807) is 7.05 Å². The molecule has 0 heterocycles. The van der Waals surface area contributed by atoms with Crippen LogP contribution in [0.4, 0.5) is 0 Å². The van der Waals surface area contributed by atoms with Gasteiger partial charge < -0.3 is 16.4 Å². The van der Waals surface area contributed by atoms with Gasteiger partial charge in [0.1, 0.15) is 0 Å². The number of hydrogen-bond donors (Lipinski definition) is 3. The molecule has 16 heavy (non-hydrogen) atoms. The fourth-order valence-electron chi connectivity index (χ4n) is 2.14. The van der Waals surface area contributed by atoms with Crippen molar-refractivity contribution in [2.75, 3.05) is 20.1 Å². The molecule has 1 fully saturated rings. The number of carbonyl (C=O) groups is 2. The summed E-state index contributed by atoms with van der Waals surface area (Å²) in [5.74, 6) is 0.317. The maximum atomic E-state index is 11.7. The van der Waals surface area contributed by atoms with Gasteiger partial charge in [-0.2, -0.15) is 0 Å². The van der Waals surface area contributed by atoms with Crippen LogP contribution in [-0.4, -0.2) is 32.0 Å². The molecular formula is C11H21N3O2. The average Bonchev–Trinajstić information content (AvgIpc) is 2.35. The normalized spacial score (nSPS) is 24.9. The second-order valence-corrected chi connectivity index (χ2v) is 4.36. The van der Waals surface area contributed by atoms with Gasteiger partial charge >= 0.3 is 0 Å². The Kier molecular flexibility index (Phi) is 5.25. The van der Waals surface area contributed by atoms with E-state index in [1.807, 2.05) is 0 Å². The highest BCUT2D eigenvalue weighted by molar-refractivity contribution is 5.85. The van der Waals surface area contributed by atoms with Crippen LogP contribution in [0.2, 0.25) is 0 Å². The van der Waals surface area contributed by atoms with Crippen LogP contribution in [0.3, 0.4) is 0 Å². The van der Waals surface area contributed by atoms with Gasteiger partial charge in [-0.25, -0.2) is 0 Å². The van der Waals surface area contributed by atoms with Crippen LogP contribution in [0.25, 0.3) is 0 Å². The van der Waals surface area contributed by atoms with Crippen molar-refractivity contribution in [1.82, 2.24) is 10.6 Å². The first-order chi connectivity index (χ1) is 7.67. The summed E-state index contributed by atoms with van der Waals surface area (Å²) in [4.78, 5) is 22.7. The molecule has 1 saturated carbocycles. The van der Waals surface area contributed by atoms with E-state index in [0.29, 0.717) is 12.5 Å². The predicted octanol–water partition coefficient (Wildman–Crippen LogP) is -0.386. The van der Waals surface area contributed by atoms with Gasteiger partial charge in [-0.3, -0.25) is 9.59 Å². The van der Waals surface area contributed by atoms with Crippen molar-refractivity contribution >= 4 is 11.8 Å². The Hall–Kier alpha value is -1.10. The summed E-state index contributed by atoms with van der Waals surface area (Å²) in [5.41, 5.74) is 5.61. The van der Waals surface area contributed by atoms with Crippen LogP contribution in [0.15, 0.2) is 0 Å². The summed E-state index contributed by atoms with van der Waals surface area (Å²) < 4.78 is 0. The molecule has 5 heteroatoms. The molecule has 1 rings (SSSR count). The number of amides is 2. The summed E-state index contributed by atoms with van der Waals surface area (Å²) >= 11 is 0. The number of rotatable bonds is 4. The maximum Gasteiger partial charge on any atom is 0.239 e. The van der Waals surface area contributed by atoms with Crippen molar-refractivity contribution in [2.24, 2.45) is 17.6 Å². The standard InChI is InChI=1S/C11H21N3O2/c1-13-10(15)7-14-11(16)9-4-2-3-8(5-9)6-12/h8-9H,2-7,12H2,1H3,(H,13,15)(H,14,16). The third kappa shape index (κ3) is 3.81. The highest BCUT2D eigenvalue weighted by Gasteiger charge is 2.26. The monoisotopic (exact) mass is 227 g/mol. The number of hydrogen-bond acceptors (Lipinski definition) is 3. The molecule has 2 amide bonds. The van der Waals surface area contributed by atoms with Crippen molar-refractivity contribution < 1.29 is 9.59 Å². The van der Waals surface area contributed by atoms with Crippen LogP contribution in [0.1, 0.15) is 25.7 Å². The number of carbonyl (C=O) groups excluding carboxylic acids is 2. The summed E-state index contributed by atoms with van der Waals surface area (Å²) in [7, 11) is 1.56. The third-order valence-electron chi connectivity index (χ3n) is 3.19. The van der Waals surface area contributed by atoms with Crippen LogP contribution < -0.4 is 16.4 Å². The SMILES string of the molecule is CNC(=O)CNC(=O)C1CCCC(CN)C1. The average molecular weight is 227 g/mol. The van der Waals surface area contributed by atoms with Crippen molar-refractivity contribution in [2.45, 2.75) is 25.7 Å². The van der Waals surface area contributed by atoms with Crippen molar-refractivity contribution in [3.05, 3.63) is 0 Å². The molecule has 92 valence electrons. The molecule has 2 atom stereocenters. The third-order valence-corrected chi connectivity index (χ3v) is 3.19. The molecule has 0 bridgehead atoms. The fraction of sp³-hybridized carbons (Fsp3) is 0.818. The van der Waals surface area contributed by atoms with E-state index >= 15 is 0 Å². The van der Waals surface area contributed by atoms with E-state index in [-0.39, 0.29) is 24.3 Å². The smallest absolute Gasteiger partial charge is 0.239 e. The molecule has 0 aromatic heterocycles. The van der Waals surface area contributed by atoms with Gasteiger partial charge in [-0.1, -0.05) is 6.42 Å². The van der Waals surface area contributed by atoms with Gasteiger partial charge in [-0.05, 0) is 31.7 Å². The quantitative estimate of drug-likeness (QED) is 0.612. The Balaban J connectivity index is 2.32. The lowest BCUT2D eigenvalue weighted by Crippen LogP contribution is -2.40. The Morgan fingerprint density at radius 3 is 2.75 bits per heavy atom. The molecule has 1 aliphatic rings. The highest BCUT2D eigenvalue weighted by atomic mass is 16.2. The minimum atomic E-state index is -0.167. The van der Waals surface area contributed by atoms with E-state index in [9.17, 15) is 9.59 Å². The first-order valence-corrected chi connectivity index (χ1v) is 5.85. The van der Waals surface area contributed by atoms with Gasteiger partial charge in [0, 0.05) is 13.0 Å². The van der Waals surface area contributed by atoms with Crippen molar-refractivity contribution in [1.29, 1.82) is 0 Å². The molecule has 1 aliphatic carbocycles. The van der Waals surface area contributed by atoms with Gasteiger partial charge in [0.25, 0.3) is 0 Å². The van der Waals surface area contributed by atoms with Gasteiger partial charge in [0.05, 0.1) is 6.54 Å². The largest absolute Gasteiger partial charge is 0.358 e. The molecule has 4 N–H and O–H groups in total. The van der Waals surface area contributed by atoms with Crippen LogP contribution in [0, 0.1) is 11.8 Å². The highest BCUT2D eigenvalue weighted by Crippen LogP contribution is 2.28. The zero-order chi connectivity index (χ0) is 12.0. The summed E-state index contributed by atoms with van der Waals surface area (Å²) in [5, 5.41) is 5.13. The lowest BCUT2D eigenvalue weighted by molar-refractivity contribution is -0.129. The molecule has 2 unspecified atom stereocenters. The predicted molar refractivity (Wildman–Crippen MR) is 61.6 cm³/mol. The topological polar surface area (TPSA) is 84.2 Å². The van der Waals surface area contributed by atoms with Crippen molar-refractivity contribution in [3.63, 3.8) is 0 Å². The lowest BCUT2D eigenvalue weighted by Gasteiger charge is -2.27. The van der Waals surface area contributed by atoms with Crippen molar-refractivity contribution in [3.8, 4) is 0 Å². The summed E-state index contributed by atoms with van der Waals surface area (Å²) in [6.07, 6.45) is 3.95. The van der Waals surface area contributed by atoms with Crippen LogP contribution in [-0.2, 0) is 9.59 Å². The minimum absolute atomic E-state index is 0.0123. The van der Waals surface area contributed by atoms with Crippen LogP contribution in [0.5, 0.6) is 0 Å². The number of nitrogens with one attached hydrogen (secondary N) is 2. The second kappa shape index (κ2) is 6.48. The Labute approximate surface area is 96.1 Å². The first kappa shape index (κ1) is 13.0. The van der Waals surface area contributed by atoms with E-state index in [2.05, 4.69) is 10.6 Å². The molecular weight excluding hydrogens is 206 g/mol. The number of likely N-dealkylation sites (N-methyl/N-ethyl adjacent to an activating group) is 1. The molecule has 0 saturated heterocycles. The number of nitrogens with two attached hydrogens (primary N) is 1. The molecule has 0 aromatic rings. The Morgan fingerprint density at radius 1 is 1.38 bits per heavy atom. The Bertz CT molecular complexity index is 256. The van der Waals surface area contributed by atoms with Crippen LogP contribution >= 0.6 is 0 Å². The summed E-state index contributed by atoms with van der Waals surface area (Å²) in [6, 6.07) is 0. The molecule has 0 spiro atoms. The van der Waals surface area contributed by atoms with Gasteiger partial charge in [0.15, 0.2) is 0 Å². The Morgan fingerprint density at radius 2 is 2.12 bits per heavy atom. The molecule has 5 nitrogen and oxygen atoms in total. The van der Waals surface area contributed by atoms with E-state index in [1.165, 1.54) is 0 Å². The minimum Gasteiger partial charge on any atom is -0.358 e. The van der Waals surface area contributed by atoms with Gasteiger partial charge in [0.2, 0.25) is 11.8 Å². The molecule has 0 aromatic carbocycles. The molecule has 0 aliphatic heterocycles. The lowest BCUT2D eigenvalue weighted by atomic mass is 9.81. The van der Waals surface area contributed by atoms with E-state index in [4.69, 9.17) is 5.73 Å². The zero-order valence-electron chi connectivity index (χ0n) is 9.79. The van der Waals surface area contributed by atoms with E-state index in [0.717, 1.165) is 25.7 Å². The maximum absolute atomic E-state index is 11.7. The molecule has 0 radical (unpaired) electrons. The first-order valence-electron chi connectivity index (χ1n) is 5.85. The zero-order valence-corrected chi connectivity index (χ0v) is 9.79. The van der Waals surface area contributed by atoms with E-state index < -0.39 is 0 Å². The fourth-order valence-corrected chi connectivity index (χ4v) is 2.14. The summed E-state index contributed by atoms with van der Waals surface area (Å²) in [6.45, 7) is 0.721.